The van der Waals surface area contributed by atoms with Crippen LogP contribution in [0.25, 0.3) is 0 Å². The van der Waals surface area contributed by atoms with Crippen LogP contribution in [0.5, 0.6) is 0 Å². The molecule has 1 aromatic heterocycles. The smallest absolute Gasteiger partial charge is 0.146 e. The zero-order chi connectivity index (χ0) is 15.2. The molecule has 3 rings (SSSR count). The second-order valence-electron chi connectivity index (χ2n) is 5.35. The molecule has 1 heterocycles. The number of benzene rings is 2. The molecule has 110 valence electrons. The van der Waals surface area contributed by atoms with Crippen molar-refractivity contribution < 1.29 is 4.79 Å². The SMILES string of the molecule is O=C(Cc1ccccc1)C(Cn1ccnc1)c1ccccc1. The molecule has 3 aromatic rings. The van der Waals surface area contributed by atoms with Gasteiger partial charge in [0.05, 0.1) is 12.2 Å². The maximum Gasteiger partial charge on any atom is 0.146 e. The minimum Gasteiger partial charge on any atom is -0.336 e. The van der Waals surface area contributed by atoms with E-state index in [0.717, 1.165) is 11.1 Å². The molecule has 0 radical (unpaired) electrons. The lowest BCUT2D eigenvalue weighted by Crippen LogP contribution is -2.20. The van der Waals surface area contributed by atoms with E-state index in [1.807, 2.05) is 71.4 Å². The summed E-state index contributed by atoms with van der Waals surface area (Å²) in [5.41, 5.74) is 2.11. The Kier molecular flexibility index (Phi) is 4.44. The van der Waals surface area contributed by atoms with E-state index < -0.39 is 0 Å². The minimum absolute atomic E-state index is 0.157. The lowest BCUT2D eigenvalue weighted by molar-refractivity contribution is -0.120. The number of carbonyl (C=O) groups excluding carboxylic acids is 1. The molecule has 0 saturated heterocycles. The van der Waals surface area contributed by atoms with Crippen LogP contribution in [0.4, 0.5) is 0 Å². The predicted molar refractivity (Wildman–Crippen MR) is 86.6 cm³/mol. The molecular formula is C19H18N2O. The van der Waals surface area contributed by atoms with Gasteiger partial charge in [-0.25, -0.2) is 4.98 Å². The van der Waals surface area contributed by atoms with Crippen molar-refractivity contribution in [3.8, 4) is 0 Å². The van der Waals surface area contributed by atoms with Gasteiger partial charge in [-0.2, -0.15) is 0 Å². The van der Waals surface area contributed by atoms with Crippen molar-refractivity contribution in [3.05, 3.63) is 90.5 Å². The largest absolute Gasteiger partial charge is 0.336 e. The third kappa shape index (κ3) is 3.50. The lowest BCUT2D eigenvalue weighted by atomic mass is 9.91. The molecule has 0 aliphatic carbocycles. The normalized spacial score (nSPS) is 12.0. The molecule has 0 fully saturated rings. The van der Waals surface area contributed by atoms with E-state index in [9.17, 15) is 4.79 Å². The molecular weight excluding hydrogens is 272 g/mol. The van der Waals surface area contributed by atoms with Gasteiger partial charge in [0, 0.05) is 25.4 Å². The monoisotopic (exact) mass is 290 g/mol. The number of aromatic nitrogens is 2. The Balaban J connectivity index is 1.83. The molecule has 1 unspecified atom stereocenters. The number of hydrogen-bond donors (Lipinski definition) is 0. The topological polar surface area (TPSA) is 34.9 Å². The average Bonchev–Trinajstić information content (AvgIpc) is 3.07. The number of ketones is 1. The summed E-state index contributed by atoms with van der Waals surface area (Å²) in [4.78, 5) is 16.9. The molecule has 3 nitrogen and oxygen atoms in total. The molecule has 3 heteroatoms. The van der Waals surface area contributed by atoms with Gasteiger partial charge in [-0.3, -0.25) is 4.79 Å². The number of Topliss-reactive ketones (excluding diaryl/α,β-unsaturated/α-hetero) is 1. The van der Waals surface area contributed by atoms with E-state index in [1.54, 1.807) is 12.5 Å². The molecule has 0 amide bonds. The molecule has 2 aromatic carbocycles. The van der Waals surface area contributed by atoms with Crippen LogP contribution >= 0.6 is 0 Å². The Labute approximate surface area is 130 Å². The Morgan fingerprint density at radius 3 is 2.32 bits per heavy atom. The first-order chi connectivity index (χ1) is 10.8. The summed E-state index contributed by atoms with van der Waals surface area (Å²) in [6.07, 6.45) is 5.84. The van der Waals surface area contributed by atoms with Crippen molar-refractivity contribution in [1.82, 2.24) is 9.55 Å². The molecule has 0 bridgehead atoms. The lowest BCUT2D eigenvalue weighted by Gasteiger charge is -2.17. The molecule has 0 spiro atoms. The summed E-state index contributed by atoms with van der Waals surface area (Å²) in [5, 5.41) is 0. The maximum absolute atomic E-state index is 12.8. The first-order valence-corrected chi connectivity index (χ1v) is 7.40. The average molecular weight is 290 g/mol. The highest BCUT2D eigenvalue weighted by molar-refractivity contribution is 5.87. The van der Waals surface area contributed by atoms with Gasteiger partial charge in [-0.05, 0) is 11.1 Å². The fraction of sp³-hybridized carbons (Fsp3) is 0.158. The Morgan fingerprint density at radius 2 is 1.68 bits per heavy atom. The van der Waals surface area contributed by atoms with Crippen LogP contribution in [0.15, 0.2) is 79.4 Å². The van der Waals surface area contributed by atoms with Crippen LogP contribution in [-0.2, 0) is 17.8 Å². The number of hydrogen-bond acceptors (Lipinski definition) is 2. The number of imidazole rings is 1. The van der Waals surface area contributed by atoms with Crippen molar-refractivity contribution in [3.63, 3.8) is 0 Å². The molecule has 1 atom stereocenters. The predicted octanol–water partition coefficient (Wildman–Crippen LogP) is 3.48. The van der Waals surface area contributed by atoms with Gasteiger partial charge in [0.15, 0.2) is 0 Å². The van der Waals surface area contributed by atoms with Crippen molar-refractivity contribution in [2.24, 2.45) is 0 Å². The molecule has 0 aliphatic rings. The first-order valence-electron chi connectivity index (χ1n) is 7.40. The van der Waals surface area contributed by atoms with E-state index in [-0.39, 0.29) is 11.7 Å². The molecule has 0 aliphatic heterocycles. The Hall–Kier alpha value is -2.68. The summed E-state index contributed by atoms with van der Waals surface area (Å²) in [7, 11) is 0. The van der Waals surface area contributed by atoms with Gasteiger partial charge in [0.25, 0.3) is 0 Å². The van der Waals surface area contributed by atoms with E-state index >= 15 is 0 Å². The highest BCUT2D eigenvalue weighted by Gasteiger charge is 2.21. The second kappa shape index (κ2) is 6.85. The van der Waals surface area contributed by atoms with Gasteiger partial charge < -0.3 is 4.57 Å². The van der Waals surface area contributed by atoms with Crippen LogP contribution in [0, 0.1) is 0 Å². The van der Waals surface area contributed by atoms with Gasteiger partial charge in [-0.1, -0.05) is 60.7 Å². The first kappa shape index (κ1) is 14.3. The summed E-state index contributed by atoms with van der Waals surface area (Å²) < 4.78 is 1.96. The Morgan fingerprint density at radius 1 is 1.00 bits per heavy atom. The van der Waals surface area contributed by atoms with Crippen molar-refractivity contribution in [1.29, 1.82) is 0 Å². The van der Waals surface area contributed by atoms with Gasteiger partial charge >= 0.3 is 0 Å². The van der Waals surface area contributed by atoms with Crippen molar-refractivity contribution in [2.75, 3.05) is 0 Å². The third-order valence-corrected chi connectivity index (χ3v) is 3.76. The number of carbonyl (C=O) groups is 1. The molecule has 0 N–H and O–H groups in total. The third-order valence-electron chi connectivity index (χ3n) is 3.76. The number of nitrogens with zero attached hydrogens (tertiary/aromatic N) is 2. The van der Waals surface area contributed by atoms with Gasteiger partial charge in [0.1, 0.15) is 5.78 Å². The Bertz CT molecular complexity index is 706. The van der Waals surface area contributed by atoms with Gasteiger partial charge in [0.2, 0.25) is 0 Å². The molecule has 22 heavy (non-hydrogen) atoms. The zero-order valence-electron chi connectivity index (χ0n) is 12.3. The highest BCUT2D eigenvalue weighted by Crippen LogP contribution is 2.21. The van der Waals surface area contributed by atoms with E-state index in [1.165, 1.54) is 0 Å². The standard InChI is InChI=1S/C19H18N2O/c22-19(13-16-7-3-1-4-8-16)18(14-21-12-11-20-15-21)17-9-5-2-6-10-17/h1-12,15,18H,13-14H2. The summed E-state index contributed by atoms with van der Waals surface area (Å²) in [6.45, 7) is 0.621. The van der Waals surface area contributed by atoms with Crippen molar-refractivity contribution in [2.45, 2.75) is 18.9 Å². The van der Waals surface area contributed by atoms with Crippen LogP contribution in [0.2, 0.25) is 0 Å². The molecule has 0 saturated carbocycles. The van der Waals surface area contributed by atoms with E-state index in [2.05, 4.69) is 4.98 Å². The van der Waals surface area contributed by atoms with Crippen LogP contribution in [0.3, 0.4) is 0 Å². The van der Waals surface area contributed by atoms with Crippen LogP contribution in [0.1, 0.15) is 17.0 Å². The number of rotatable bonds is 6. The second-order valence-corrected chi connectivity index (χ2v) is 5.35. The minimum atomic E-state index is -0.157. The quantitative estimate of drug-likeness (QED) is 0.696. The van der Waals surface area contributed by atoms with Gasteiger partial charge in [-0.15, -0.1) is 0 Å². The summed E-state index contributed by atoms with van der Waals surface area (Å²) in [5.74, 6) is 0.0710. The highest BCUT2D eigenvalue weighted by atomic mass is 16.1. The fourth-order valence-corrected chi connectivity index (χ4v) is 2.60. The summed E-state index contributed by atoms with van der Waals surface area (Å²) in [6, 6.07) is 19.9. The van der Waals surface area contributed by atoms with Crippen LogP contribution < -0.4 is 0 Å². The fourth-order valence-electron chi connectivity index (χ4n) is 2.60. The summed E-state index contributed by atoms with van der Waals surface area (Å²) >= 11 is 0. The van der Waals surface area contributed by atoms with Crippen molar-refractivity contribution >= 4 is 5.78 Å². The zero-order valence-corrected chi connectivity index (χ0v) is 12.3. The van der Waals surface area contributed by atoms with E-state index in [4.69, 9.17) is 0 Å². The van der Waals surface area contributed by atoms with E-state index in [0.29, 0.717) is 13.0 Å². The van der Waals surface area contributed by atoms with Crippen LogP contribution in [-0.4, -0.2) is 15.3 Å². The maximum atomic E-state index is 12.8.